The minimum atomic E-state index is 0.691. The zero-order valence-electron chi connectivity index (χ0n) is 9.60. The van der Waals surface area contributed by atoms with Crippen molar-refractivity contribution >= 4 is 34.9 Å². The summed E-state index contributed by atoms with van der Waals surface area (Å²) in [5.74, 6) is 2.02. The van der Waals surface area contributed by atoms with Crippen molar-refractivity contribution < 1.29 is 0 Å². The Bertz CT molecular complexity index is 325. The lowest BCUT2D eigenvalue weighted by Gasteiger charge is -2.11. The minimum absolute atomic E-state index is 0.691. The second-order valence-corrected chi connectivity index (χ2v) is 7.34. The lowest BCUT2D eigenvalue weighted by Crippen LogP contribution is -2.29. The van der Waals surface area contributed by atoms with Gasteiger partial charge in [-0.05, 0) is 31.9 Å². The summed E-state index contributed by atoms with van der Waals surface area (Å²) in [4.78, 5) is 0. The topological polar surface area (TPSA) is 37.8 Å². The highest BCUT2D eigenvalue weighted by molar-refractivity contribution is 8.02. The Balaban J connectivity index is 1.60. The largest absolute Gasteiger partial charge is 0.313 e. The van der Waals surface area contributed by atoms with Crippen molar-refractivity contribution in [2.75, 3.05) is 18.6 Å². The maximum absolute atomic E-state index is 4.13. The Kier molecular flexibility index (Phi) is 4.94. The number of rotatable bonds is 7. The lowest BCUT2D eigenvalue weighted by molar-refractivity contribution is 0.514. The maximum Gasteiger partial charge on any atom is 0.175 e. The fourth-order valence-corrected chi connectivity index (χ4v) is 3.90. The molecule has 0 aromatic carbocycles. The molecule has 0 bridgehead atoms. The molecule has 0 radical (unpaired) electrons. The molecule has 1 aromatic rings. The second-order valence-electron chi connectivity index (χ2n) is 3.97. The van der Waals surface area contributed by atoms with Gasteiger partial charge in [0.15, 0.2) is 8.68 Å². The molecule has 0 saturated heterocycles. The van der Waals surface area contributed by atoms with Gasteiger partial charge in [-0.15, -0.1) is 10.2 Å². The van der Waals surface area contributed by atoms with Gasteiger partial charge in [-0.2, -0.15) is 0 Å². The highest BCUT2D eigenvalue weighted by Crippen LogP contribution is 2.32. The van der Waals surface area contributed by atoms with E-state index in [0.717, 1.165) is 26.9 Å². The van der Waals surface area contributed by atoms with Crippen LogP contribution in [0.3, 0.4) is 0 Å². The Morgan fingerprint density at radius 1 is 1.44 bits per heavy atom. The number of nitrogens with one attached hydrogen (secondary N) is 1. The fourth-order valence-electron chi connectivity index (χ4n) is 1.53. The first kappa shape index (κ1) is 12.7. The third-order valence-corrected chi connectivity index (χ3v) is 5.72. The van der Waals surface area contributed by atoms with Crippen LogP contribution in [0.25, 0.3) is 0 Å². The first-order chi connectivity index (χ1) is 7.79. The molecule has 0 spiro atoms. The van der Waals surface area contributed by atoms with Gasteiger partial charge in [0, 0.05) is 18.3 Å². The van der Waals surface area contributed by atoms with E-state index in [9.17, 15) is 0 Å². The molecule has 1 unspecified atom stereocenters. The molecule has 0 amide bonds. The number of hydrogen-bond acceptors (Lipinski definition) is 6. The second kappa shape index (κ2) is 6.23. The smallest absolute Gasteiger partial charge is 0.175 e. The third-order valence-electron chi connectivity index (χ3n) is 2.69. The van der Waals surface area contributed by atoms with E-state index in [2.05, 4.69) is 22.4 Å². The number of hydrogen-bond donors (Lipinski definition) is 1. The molecular weight excluding hydrogens is 258 g/mol. The fraction of sp³-hybridized carbons (Fsp3) is 0.800. The molecule has 2 rings (SSSR count). The highest BCUT2D eigenvalue weighted by Gasteiger charge is 2.27. The summed E-state index contributed by atoms with van der Waals surface area (Å²) in [6.07, 6.45) is 4.86. The van der Waals surface area contributed by atoms with Gasteiger partial charge in [0.25, 0.3) is 0 Å². The predicted molar refractivity (Wildman–Crippen MR) is 72.6 cm³/mol. The zero-order chi connectivity index (χ0) is 11.4. The van der Waals surface area contributed by atoms with Gasteiger partial charge in [-0.25, -0.2) is 0 Å². The van der Waals surface area contributed by atoms with Gasteiger partial charge in [0.05, 0.1) is 0 Å². The molecule has 1 saturated carbocycles. The van der Waals surface area contributed by atoms with E-state index in [1.54, 1.807) is 34.9 Å². The van der Waals surface area contributed by atoms with Crippen LogP contribution in [0.2, 0.25) is 0 Å². The van der Waals surface area contributed by atoms with Crippen LogP contribution in [0.4, 0.5) is 0 Å². The van der Waals surface area contributed by atoms with Gasteiger partial charge < -0.3 is 5.32 Å². The van der Waals surface area contributed by atoms with Crippen molar-refractivity contribution in [3.63, 3.8) is 0 Å². The van der Waals surface area contributed by atoms with Crippen molar-refractivity contribution in [3.05, 3.63) is 0 Å². The van der Waals surface area contributed by atoms with Crippen LogP contribution in [0.15, 0.2) is 8.68 Å². The average Bonchev–Trinajstić information content (AvgIpc) is 3.04. The number of thioether (sulfide) groups is 2. The molecule has 1 atom stereocenters. The first-order valence-corrected chi connectivity index (χ1v) is 8.56. The summed E-state index contributed by atoms with van der Waals surface area (Å²) in [6.45, 7) is 3.36. The molecule has 3 nitrogen and oxygen atoms in total. The molecular formula is C10H17N3S3. The molecule has 6 heteroatoms. The summed E-state index contributed by atoms with van der Waals surface area (Å²) < 4.78 is 2.15. The summed E-state index contributed by atoms with van der Waals surface area (Å²) in [6, 6.07) is 0.691. The third kappa shape index (κ3) is 3.91. The Hall–Kier alpha value is 0.220. The van der Waals surface area contributed by atoms with E-state index >= 15 is 0 Å². The van der Waals surface area contributed by atoms with Gasteiger partial charge in [-0.3, -0.25) is 0 Å². The van der Waals surface area contributed by atoms with E-state index in [1.807, 2.05) is 6.26 Å². The number of aromatic nitrogens is 2. The molecule has 90 valence electrons. The van der Waals surface area contributed by atoms with Gasteiger partial charge in [-0.1, -0.05) is 34.9 Å². The number of nitrogens with zero attached hydrogens (tertiary/aromatic N) is 2. The van der Waals surface area contributed by atoms with Crippen LogP contribution >= 0.6 is 34.9 Å². The van der Waals surface area contributed by atoms with Crippen molar-refractivity contribution in [2.45, 2.75) is 34.5 Å². The normalized spacial score (nSPS) is 17.6. The highest BCUT2D eigenvalue weighted by atomic mass is 32.2. The zero-order valence-corrected chi connectivity index (χ0v) is 12.1. The van der Waals surface area contributed by atoms with E-state index < -0.39 is 0 Å². The van der Waals surface area contributed by atoms with Crippen molar-refractivity contribution in [1.29, 1.82) is 0 Å². The van der Waals surface area contributed by atoms with E-state index in [0.29, 0.717) is 6.04 Å². The lowest BCUT2D eigenvalue weighted by atomic mass is 10.2. The van der Waals surface area contributed by atoms with Gasteiger partial charge in [0.2, 0.25) is 0 Å². The Morgan fingerprint density at radius 3 is 2.81 bits per heavy atom. The molecule has 1 N–H and O–H groups in total. The first-order valence-electron chi connectivity index (χ1n) is 5.53. The van der Waals surface area contributed by atoms with Crippen LogP contribution in [-0.4, -0.2) is 34.8 Å². The molecule has 16 heavy (non-hydrogen) atoms. The molecule has 1 heterocycles. The van der Waals surface area contributed by atoms with E-state index in [-0.39, 0.29) is 0 Å². The minimum Gasteiger partial charge on any atom is -0.313 e. The van der Waals surface area contributed by atoms with E-state index in [1.165, 1.54) is 12.8 Å². The predicted octanol–water partition coefficient (Wildman–Crippen LogP) is 2.74. The van der Waals surface area contributed by atoms with Crippen molar-refractivity contribution in [1.82, 2.24) is 15.5 Å². The Morgan fingerprint density at radius 2 is 2.19 bits per heavy atom. The van der Waals surface area contributed by atoms with Crippen LogP contribution in [-0.2, 0) is 0 Å². The van der Waals surface area contributed by atoms with Crippen LogP contribution < -0.4 is 5.32 Å². The van der Waals surface area contributed by atoms with Crippen molar-refractivity contribution in [3.8, 4) is 0 Å². The molecule has 1 aliphatic carbocycles. The van der Waals surface area contributed by atoms with Crippen LogP contribution in [0.5, 0.6) is 0 Å². The maximum atomic E-state index is 4.13. The standard InChI is InChI=1S/C10H17N3S3/c1-7(8-3-4-8)11-5-6-15-10-13-12-9(14-2)16-10/h7-8,11H,3-6H2,1-2H3. The monoisotopic (exact) mass is 275 g/mol. The quantitative estimate of drug-likeness (QED) is 0.612. The summed E-state index contributed by atoms with van der Waals surface area (Å²) in [7, 11) is 0. The summed E-state index contributed by atoms with van der Waals surface area (Å²) >= 11 is 5.15. The van der Waals surface area contributed by atoms with Crippen LogP contribution in [0, 0.1) is 5.92 Å². The molecule has 1 fully saturated rings. The molecule has 0 aliphatic heterocycles. The summed E-state index contributed by atoms with van der Waals surface area (Å²) in [5.41, 5.74) is 0. The molecule has 1 aliphatic rings. The SMILES string of the molecule is CSc1nnc(SCCNC(C)C2CC2)s1. The van der Waals surface area contributed by atoms with Gasteiger partial charge >= 0.3 is 0 Å². The summed E-state index contributed by atoms with van der Waals surface area (Å²) in [5, 5.41) is 11.8. The average molecular weight is 275 g/mol. The van der Waals surface area contributed by atoms with Gasteiger partial charge in [0.1, 0.15) is 0 Å². The van der Waals surface area contributed by atoms with E-state index in [4.69, 9.17) is 0 Å². The molecule has 1 aromatic heterocycles. The Labute approximate surface area is 109 Å². The van der Waals surface area contributed by atoms with Crippen LogP contribution in [0.1, 0.15) is 19.8 Å². The van der Waals surface area contributed by atoms with Crippen molar-refractivity contribution in [2.24, 2.45) is 5.92 Å².